The highest BCUT2D eigenvalue weighted by atomic mass is 35.5. The molecule has 0 spiro atoms. The average molecular weight is 227 g/mol. The summed E-state index contributed by atoms with van der Waals surface area (Å²) in [4.78, 5) is 0. The van der Waals surface area contributed by atoms with Crippen molar-refractivity contribution >= 4 is 28.8 Å². The summed E-state index contributed by atoms with van der Waals surface area (Å²) in [6.07, 6.45) is 5.57. The van der Waals surface area contributed by atoms with E-state index in [1.807, 2.05) is 12.1 Å². The molecule has 1 atom stereocenters. The minimum Gasteiger partial charge on any atom is -0.118 e. The van der Waals surface area contributed by atoms with Crippen molar-refractivity contribution in [2.45, 2.75) is 24.6 Å². The lowest BCUT2D eigenvalue weighted by Crippen LogP contribution is -2.02. The molecule has 0 N–H and O–H groups in total. The minimum absolute atomic E-state index is 0.203. The van der Waals surface area contributed by atoms with Crippen LogP contribution in [0.5, 0.6) is 0 Å². The summed E-state index contributed by atoms with van der Waals surface area (Å²) in [7, 11) is 0. The molecular weight excluding hydrogens is 215 g/mol. The normalized spacial score (nSPS) is 21.9. The van der Waals surface area contributed by atoms with Gasteiger partial charge in [-0.2, -0.15) is 0 Å². The fourth-order valence-electron chi connectivity index (χ4n) is 1.78. The van der Waals surface area contributed by atoms with Crippen LogP contribution in [0, 0.1) is 0 Å². The maximum absolute atomic E-state index is 6.09. The Bertz CT molecular complexity index is 338. The predicted molar refractivity (Wildman–Crippen MR) is 62.9 cm³/mol. The second kappa shape index (κ2) is 4.37. The van der Waals surface area contributed by atoms with Gasteiger partial charge in [0.05, 0.1) is 5.38 Å². The van der Waals surface area contributed by atoms with Crippen molar-refractivity contribution in [3.8, 4) is 0 Å². The van der Waals surface area contributed by atoms with Crippen LogP contribution in [-0.4, -0.2) is 5.38 Å². The molecule has 1 unspecified atom stereocenters. The van der Waals surface area contributed by atoms with Gasteiger partial charge in [0, 0.05) is 5.02 Å². The van der Waals surface area contributed by atoms with E-state index < -0.39 is 0 Å². The molecule has 0 bridgehead atoms. The number of hydrogen-bond acceptors (Lipinski definition) is 0. The Hall–Kier alpha value is -0.460. The van der Waals surface area contributed by atoms with Crippen LogP contribution in [0.25, 0.3) is 5.57 Å². The molecule has 2 heteroatoms. The van der Waals surface area contributed by atoms with Crippen LogP contribution >= 0.6 is 23.2 Å². The minimum atomic E-state index is 0.203. The van der Waals surface area contributed by atoms with Crippen molar-refractivity contribution in [1.82, 2.24) is 0 Å². The summed E-state index contributed by atoms with van der Waals surface area (Å²) in [6, 6.07) is 7.97. The molecule has 0 saturated carbocycles. The van der Waals surface area contributed by atoms with E-state index in [0.717, 1.165) is 17.9 Å². The third-order valence-corrected chi connectivity index (χ3v) is 3.12. The Labute approximate surface area is 94.5 Å². The van der Waals surface area contributed by atoms with Crippen molar-refractivity contribution in [3.63, 3.8) is 0 Å². The van der Waals surface area contributed by atoms with Gasteiger partial charge in [-0.15, -0.1) is 11.6 Å². The largest absolute Gasteiger partial charge is 0.118 e. The van der Waals surface area contributed by atoms with Crippen molar-refractivity contribution in [2.75, 3.05) is 0 Å². The number of rotatable bonds is 1. The summed E-state index contributed by atoms with van der Waals surface area (Å²) >= 11 is 11.9. The van der Waals surface area contributed by atoms with Crippen LogP contribution in [0.2, 0.25) is 5.02 Å². The Morgan fingerprint density at radius 2 is 1.86 bits per heavy atom. The molecule has 0 amide bonds. The maximum Gasteiger partial charge on any atom is 0.0522 e. The molecule has 0 aromatic heterocycles. The van der Waals surface area contributed by atoms with E-state index in [9.17, 15) is 0 Å². The molecule has 2 rings (SSSR count). The zero-order valence-electron chi connectivity index (χ0n) is 7.84. The van der Waals surface area contributed by atoms with Crippen molar-refractivity contribution < 1.29 is 0 Å². The molecule has 0 saturated heterocycles. The van der Waals surface area contributed by atoms with E-state index in [0.29, 0.717) is 0 Å². The van der Waals surface area contributed by atoms with Gasteiger partial charge in [0.2, 0.25) is 0 Å². The first-order valence-electron chi connectivity index (χ1n) is 4.86. The van der Waals surface area contributed by atoms with E-state index in [1.165, 1.54) is 17.6 Å². The van der Waals surface area contributed by atoms with Gasteiger partial charge in [-0.25, -0.2) is 0 Å². The van der Waals surface area contributed by atoms with E-state index >= 15 is 0 Å². The molecule has 0 heterocycles. The van der Waals surface area contributed by atoms with Crippen molar-refractivity contribution in [1.29, 1.82) is 0 Å². The molecule has 0 aliphatic heterocycles. The highest BCUT2D eigenvalue weighted by Crippen LogP contribution is 2.29. The highest BCUT2D eigenvalue weighted by molar-refractivity contribution is 6.30. The zero-order valence-corrected chi connectivity index (χ0v) is 9.35. The van der Waals surface area contributed by atoms with Crippen LogP contribution in [0.4, 0.5) is 0 Å². The van der Waals surface area contributed by atoms with Crippen LogP contribution in [-0.2, 0) is 0 Å². The molecular formula is C12H12Cl2. The van der Waals surface area contributed by atoms with Crippen molar-refractivity contribution in [2.24, 2.45) is 0 Å². The smallest absolute Gasteiger partial charge is 0.0522 e. The summed E-state index contributed by atoms with van der Waals surface area (Å²) in [6.45, 7) is 0. The Morgan fingerprint density at radius 1 is 1.14 bits per heavy atom. The van der Waals surface area contributed by atoms with Gasteiger partial charge in [-0.3, -0.25) is 0 Å². The van der Waals surface area contributed by atoms with Gasteiger partial charge in [0.25, 0.3) is 0 Å². The molecule has 1 aliphatic carbocycles. The number of halogens is 2. The number of benzene rings is 1. The lowest BCUT2D eigenvalue weighted by atomic mass is 9.93. The number of allylic oxidation sites excluding steroid dienone is 2. The molecule has 14 heavy (non-hydrogen) atoms. The third-order valence-electron chi connectivity index (χ3n) is 2.52. The summed E-state index contributed by atoms with van der Waals surface area (Å²) < 4.78 is 0. The zero-order chi connectivity index (χ0) is 9.97. The van der Waals surface area contributed by atoms with Crippen LogP contribution in [0.15, 0.2) is 30.3 Å². The molecule has 0 nitrogen and oxygen atoms in total. The second-order valence-corrected chi connectivity index (χ2v) is 4.60. The lowest BCUT2D eigenvalue weighted by Gasteiger charge is -2.16. The topological polar surface area (TPSA) is 0 Å². The van der Waals surface area contributed by atoms with Crippen molar-refractivity contribution in [3.05, 3.63) is 40.9 Å². The van der Waals surface area contributed by atoms with Crippen LogP contribution < -0.4 is 0 Å². The molecule has 1 aliphatic rings. The van der Waals surface area contributed by atoms with Gasteiger partial charge in [0.15, 0.2) is 0 Å². The standard InChI is InChI=1S/C12H12Cl2/c13-11-6-4-9(5-7-11)10-2-1-3-12(14)8-10/h4-8,12H,1-3H2. The number of alkyl halides is 1. The Kier molecular flexibility index (Phi) is 3.15. The van der Waals surface area contributed by atoms with E-state index in [-0.39, 0.29) is 5.38 Å². The van der Waals surface area contributed by atoms with Gasteiger partial charge in [0.1, 0.15) is 0 Å². The SMILES string of the molecule is Clc1ccc(C2=CC(Cl)CCC2)cc1. The van der Waals surface area contributed by atoms with E-state index in [1.54, 1.807) is 0 Å². The van der Waals surface area contributed by atoms with Gasteiger partial charge in [-0.05, 0) is 42.5 Å². The van der Waals surface area contributed by atoms with Gasteiger partial charge < -0.3 is 0 Å². The average Bonchev–Trinajstić information content (AvgIpc) is 2.19. The molecule has 0 fully saturated rings. The molecule has 1 aromatic carbocycles. The quantitative estimate of drug-likeness (QED) is 0.619. The summed E-state index contributed by atoms with van der Waals surface area (Å²) in [5.41, 5.74) is 2.60. The number of hydrogen-bond donors (Lipinski definition) is 0. The Balaban J connectivity index is 2.26. The van der Waals surface area contributed by atoms with Crippen LogP contribution in [0.1, 0.15) is 24.8 Å². The second-order valence-electron chi connectivity index (χ2n) is 3.61. The Morgan fingerprint density at radius 3 is 2.50 bits per heavy atom. The third kappa shape index (κ3) is 2.31. The van der Waals surface area contributed by atoms with Crippen LogP contribution in [0.3, 0.4) is 0 Å². The predicted octanol–water partition coefficient (Wildman–Crippen LogP) is 4.51. The first kappa shape index (κ1) is 10.1. The van der Waals surface area contributed by atoms with Gasteiger partial charge >= 0.3 is 0 Å². The summed E-state index contributed by atoms with van der Waals surface area (Å²) in [5.74, 6) is 0. The maximum atomic E-state index is 6.09. The van der Waals surface area contributed by atoms with E-state index in [2.05, 4.69) is 18.2 Å². The van der Waals surface area contributed by atoms with E-state index in [4.69, 9.17) is 23.2 Å². The highest BCUT2D eigenvalue weighted by Gasteiger charge is 2.11. The first-order valence-corrected chi connectivity index (χ1v) is 5.68. The van der Waals surface area contributed by atoms with Gasteiger partial charge in [-0.1, -0.05) is 29.8 Å². The lowest BCUT2D eigenvalue weighted by molar-refractivity contribution is 0.747. The fraction of sp³-hybridized carbons (Fsp3) is 0.333. The summed E-state index contributed by atoms with van der Waals surface area (Å²) in [5, 5.41) is 0.988. The monoisotopic (exact) mass is 226 g/mol. The fourth-order valence-corrected chi connectivity index (χ4v) is 2.21. The molecule has 0 radical (unpaired) electrons. The molecule has 1 aromatic rings. The molecule has 74 valence electrons. The first-order chi connectivity index (χ1) is 6.75.